The van der Waals surface area contributed by atoms with Crippen LogP contribution in [0.5, 0.6) is 0 Å². The topological polar surface area (TPSA) is 6.48 Å². The van der Waals surface area contributed by atoms with Gasteiger partial charge in [-0.1, -0.05) is 18.6 Å². The molecule has 0 amide bonds. The molecule has 1 heterocycles. The van der Waals surface area contributed by atoms with E-state index in [0.29, 0.717) is 0 Å². The highest BCUT2D eigenvalue weighted by molar-refractivity contribution is 7.80. The number of hydrogen-bond acceptors (Lipinski definition) is 3. The van der Waals surface area contributed by atoms with Crippen LogP contribution in [0.25, 0.3) is 0 Å². The zero-order valence-corrected chi connectivity index (χ0v) is 13.8. The molecule has 0 N–H and O–H groups in total. The van der Waals surface area contributed by atoms with E-state index in [2.05, 4.69) is 54.5 Å². The molecule has 0 unspecified atom stereocenters. The summed E-state index contributed by atoms with van der Waals surface area (Å²) in [6.07, 6.45) is 3.90. The van der Waals surface area contributed by atoms with E-state index in [0.717, 1.165) is 18.8 Å². The first kappa shape index (κ1) is 15.7. The lowest BCUT2D eigenvalue weighted by atomic mass is 10.1. The number of unbranched alkanes of at least 4 members (excludes halogenated alkanes) is 2. The van der Waals surface area contributed by atoms with Gasteiger partial charge in [0.1, 0.15) is 0 Å². The smallest absolute Gasteiger partial charge is 0.0399 e. The summed E-state index contributed by atoms with van der Waals surface area (Å²) in [4.78, 5) is 5.16. The summed E-state index contributed by atoms with van der Waals surface area (Å²) in [6.45, 7) is 10.4. The van der Waals surface area contributed by atoms with Crippen molar-refractivity contribution in [2.24, 2.45) is 0 Å². The fraction of sp³-hybridized carbons (Fsp3) is 0.647. The first-order valence-corrected chi connectivity index (χ1v) is 8.50. The Balaban J connectivity index is 1.80. The third-order valence-electron chi connectivity index (χ3n) is 4.42. The van der Waals surface area contributed by atoms with Gasteiger partial charge in [0.25, 0.3) is 0 Å². The summed E-state index contributed by atoms with van der Waals surface area (Å²) in [5, 5.41) is 0. The van der Waals surface area contributed by atoms with Crippen molar-refractivity contribution in [3.05, 3.63) is 29.3 Å². The number of hydrogen-bond donors (Lipinski definition) is 1. The maximum atomic E-state index is 4.27. The van der Waals surface area contributed by atoms with Crippen molar-refractivity contribution in [3.63, 3.8) is 0 Å². The van der Waals surface area contributed by atoms with Gasteiger partial charge in [0.05, 0.1) is 0 Å². The van der Waals surface area contributed by atoms with Crippen LogP contribution in [0.15, 0.2) is 18.2 Å². The Kier molecular flexibility index (Phi) is 6.24. The monoisotopic (exact) mass is 292 g/mol. The third kappa shape index (κ3) is 4.16. The van der Waals surface area contributed by atoms with Gasteiger partial charge in [-0.3, -0.25) is 4.90 Å². The molecule has 1 aromatic rings. The molecular formula is C17H28N2S. The van der Waals surface area contributed by atoms with Crippen LogP contribution in [-0.2, 0) is 0 Å². The van der Waals surface area contributed by atoms with E-state index in [1.54, 1.807) is 0 Å². The average Bonchev–Trinajstić information content (AvgIpc) is 2.47. The minimum atomic E-state index is 1.03. The summed E-state index contributed by atoms with van der Waals surface area (Å²) in [5.74, 6) is 1.03. The van der Waals surface area contributed by atoms with Crippen LogP contribution >= 0.6 is 12.6 Å². The highest BCUT2D eigenvalue weighted by Gasteiger charge is 2.18. The Bertz CT molecular complexity index is 411. The molecule has 1 aliphatic heterocycles. The molecular weight excluding hydrogens is 264 g/mol. The Morgan fingerprint density at radius 3 is 2.45 bits per heavy atom. The van der Waals surface area contributed by atoms with Gasteiger partial charge < -0.3 is 4.90 Å². The molecule has 1 saturated heterocycles. The summed E-state index contributed by atoms with van der Waals surface area (Å²) in [7, 11) is 0. The first-order valence-electron chi connectivity index (χ1n) is 7.86. The van der Waals surface area contributed by atoms with Gasteiger partial charge in [-0.25, -0.2) is 0 Å². The molecule has 1 aliphatic rings. The van der Waals surface area contributed by atoms with E-state index < -0.39 is 0 Å². The van der Waals surface area contributed by atoms with Crippen LogP contribution in [0, 0.1) is 13.8 Å². The number of benzene rings is 1. The largest absolute Gasteiger partial charge is 0.369 e. The Morgan fingerprint density at radius 1 is 1.00 bits per heavy atom. The summed E-state index contributed by atoms with van der Waals surface area (Å²) in [5.41, 5.74) is 4.27. The number of nitrogens with zero attached hydrogens (tertiary/aromatic N) is 2. The van der Waals surface area contributed by atoms with Crippen molar-refractivity contribution in [1.82, 2.24) is 4.90 Å². The number of piperazine rings is 1. The van der Waals surface area contributed by atoms with E-state index >= 15 is 0 Å². The highest BCUT2D eigenvalue weighted by Crippen LogP contribution is 2.23. The van der Waals surface area contributed by atoms with E-state index in [-0.39, 0.29) is 0 Å². The second-order valence-corrected chi connectivity index (χ2v) is 6.28. The van der Waals surface area contributed by atoms with Gasteiger partial charge >= 0.3 is 0 Å². The summed E-state index contributed by atoms with van der Waals surface area (Å²) >= 11 is 4.27. The lowest BCUT2D eigenvalue weighted by Gasteiger charge is -2.37. The van der Waals surface area contributed by atoms with E-state index in [1.807, 2.05) is 0 Å². The lowest BCUT2D eigenvalue weighted by Crippen LogP contribution is -2.46. The molecule has 0 aromatic heterocycles. The minimum absolute atomic E-state index is 1.03. The summed E-state index contributed by atoms with van der Waals surface area (Å²) in [6, 6.07) is 6.66. The van der Waals surface area contributed by atoms with Crippen LogP contribution in [0.3, 0.4) is 0 Å². The third-order valence-corrected chi connectivity index (χ3v) is 4.74. The molecule has 0 atom stereocenters. The van der Waals surface area contributed by atoms with Gasteiger partial charge in [0, 0.05) is 31.9 Å². The molecule has 3 heteroatoms. The number of rotatable bonds is 6. The van der Waals surface area contributed by atoms with Crippen molar-refractivity contribution in [3.8, 4) is 0 Å². The predicted molar refractivity (Wildman–Crippen MR) is 92.3 cm³/mol. The van der Waals surface area contributed by atoms with E-state index in [9.17, 15) is 0 Å². The van der Waals surface area contributed by atoms with Gasteiger partial charge in [0.2, 0.25) is 0 Å². The lowest BCUT2D eigenvalue weighted by molar-refractivity contribution is 0.252. The van der Waals surface area contributed by atoms with E-state index in [1.165, 1.54) is 55.7 Å². The maximum absolute atomic E-state index is 4.27. The van der Waals surface area contributed by atoms with Crippen molar-refractivity contribution >= 4 is 18.3 Å². The van der Waals surface area contributed by atoms with Crippen LogP contribution in [0.1, 0.15) is 30.4 Å². The molecule has 0 bridgehead atoms. The SMILES string of the molecule is Cc1cccc(N2CCN(CCCCCS)CC2)c1C. The van der Waals surface area contributed by atoms with Gasteiger partial charge in [0.15, 0.2) is 0 Å². The zero-order valence-electron chi connectivity index (χ0n) is 12.9. The van der Waals surface area contributed by atoms with Crippen LogP contribution < -0.4 is 4.90 Å². The van der Waals surface area contributed by atoms with Crippen molar-refractivity contribution in [1.29, 1.82) is 0 Å². The molecule has 0 saturated carbocycles. The fourth-order valence-electron chi connectivity index (χ4n) is 2.91. The van der Waals surface area contributed by atoms with Crippen molar-refractivity contribution in [2.45, 2.75) is 33.1 Å². The maximum Gasteiger partial charge on any atom is 0.0399 e. The quantitative estimate of drug-likeness (QED) is 0.633. The summed E-state index contributed by atoms with van der Waals surface area (Å²) < 4.78 is 0. The molecule has 0 spiro atoms. The Morgan fingerprint density at radius 2 is 1.75 bits per heavy atom. The van der Waals surface area contributed by atoms with E-state index in [4.69, 9.17) is 0 Å². The molecule has 0 radical (unpaired) electrons. The normalized spacial score (nSPS) is 16.6. The molecule has 112 valence electrons. The number of aryl methyl sites for hydroxylation is 1. The standard InChI is InChI=1S/C17H28N2S/c1-15-7-6-8-17(16(15)2)19-12-10-18(11-13-19)9-4-3-5-14-20/h6-8,20H,3-5,9-14H2,1-2H3. The average molecular weight is 292 g/mol. The Labute approximate surface area is 129 Å². The molecule has 20 heavy (non-hydrogen) atoms. The first-order chi connectivity index (χ1) is 9.72. The predicted octanol–water partition coefficient (Wildman–Crippen LogP) is 3.53. The zero-order chi connectivity index (χ0) is 14.4. The molecule has 1 fully saturated rings. The number of anilines is 1. The van der Waals surface area contributed by atoms with Crippen LogP contribution in [0.4, 0.5) is 5.69 Å². The van der Waals surface area contributed by atoms with Crippen LogP contribution in [0.2, 0.25) is 0 Å². The molecule has 1 aromatic carbocycles. The van der Waals surface area contributed by atoms with Crippen molar-refractivity contribution in [2.75, 3.05) is 43.4 Å². The highest BCUT2D eigenvalue weighted by atomic mass is 32.1. The second kappa shape index (κ2) is 7.94. The van der Waals surface area contributed by atoms with Gasteiger partial charge in [-0.2, -0.15) is 12.6 Å². The Hall–Kier alpha value is -0.670. The van der Waals surface area contributed by atoms with Crippen molar-refractivity contribution < 1.29 is 0 Å². The van der Waals surface area contributed by atoms with Gasteiger partial charge in [-0.15, -0.1) is 0 Å². The molecule has 2 rings (SSSR count). The number of thiol groups is 1. The molecule has 2 nitrogen and oxygen atoms in total. The fourth-order valence-corrected chi connectivity index (χ4v) is 3.14. The molecule has 0 aliphatic carbocycles. The second-order valence-electron chi connectivity index (χ2n) is 5.83. The van der Waals surface area contributed by atoms with Crippen LogP contribution in [-0.4, -0.2) is 43.4 Å². The van der Waals surface area contributed by atoms with Gasteiger partial charge in [-0.05, 0) is 56.2 Å². The minimum Gasteiger partial charge on any atom is -0.369 e.